The van der Waals surface area contributed by atoms with Crippen LogP contribution in [-0.4, -0.2) is 37.5 Å². The van der Waals surface area contributed by atoms with Gasteiger partial charge in [-0.2, -0.15) is 0 Å². The summed E-state index contributed by atoms with van der Waals surface area (Å²) in [5.41, 5.74) is 0.612. The first-order valence-corrected chi connectivity index (χ1v) is 7.40. The second-order valence-corrected chi connectivity index (χ2v) is 5.35. The van der Waals surface area contributed by atoms with Crippen LogP contribution < -0.4 is 0 Å². The molecular formula is C18H16O8. The van der Waals surface area contributed by atoms with Crippen LogP contribution in [0.25, 0.3) is 6.08 Å². The zero-order chi connectivity index (χ0) is 19.3. The second kappa shape index (κ2) is 7.93. The Morgan fingerprint density at radius 1 is 0.923 bits per heavy atom. The summed E-state index contributed by atoms with van der Waals surface area (Å²) >= 11 is 0. The lowest BCUT2D eigenvalue weighted by Gasteiger charge is -2.16. The van der Waals surface area contributed by atoms with Crippen LogP contribution in [0.1, 0.15) is 23.7 Å². The van der Waals surface area contributed by atoms with Gasteiger partial charge in [0.05, 0.1) is 6.42 Å². The van der Waals surface area contributed by atoms with Crippen molar-refractivity contribution in [1.82, 2.24) is 0 Å². The Balaban J connectivity index is 2.15. The first-order chi connectivity index (χ1) is 12.3. The summed E-state index contributed by atoms with van der Waals surface area (Å²) in [7, 11) is 0. The van der Waals surface area contributed by atoms with Crippen LogP contribution in [0.4, 0.5) is 0 Å². The molecule has 1 atom stereocenters. The van der Waals surface area contributed by atoms with Crippen LogP contribution in [0.2, 0.25) is 0 Å². The van der Waals surface area contributed by atoms with Gasteiger partial charge in [0, 0.05) is 6.08 Å². The predicted octanol–water partition coefficient (Wildman–Crippen LogP) is 2.28. The summed E-state index contributed by atoms with van der Waals surface area (Å²) < 4.78 is 5.11. The molecule has 5 N–H and O–H groups in total. The molecule has 0 aromatic heterocycles. The number of aromatic hydroxyl groups is 4. The minimum Gasteiger partial charge on any atom is -0.504 e. The maximum Gasteiger partial charge on any atom is 0.331 e. The normalized spacial score (nSPS) is 12.0. The van der Waals surface area contributed by atoms with Crippen molar-refractivity contribution in [3.05, 3.63) is 53.6 Å². The standard InChI is InChI=1S/C18H16O8/c19-12-4-1-10(7-14(12)21)2-6-18(25)26-16(9-17(23)24)11-3-5-13(20)15(22)8-11/h1-8,16,19-22H,9H2,(H,23,24)/b6-2+/t16-/m1/s1. The van der Waals surface area contributed by atoms with E-state index in [2.05, 4.69) is 0 Å². The van der Waals surface area contributed by atoms with E-state index in [0.29, 0.717) is 5.56 Å². The lowest BCUT2D eigenvalue weighted by atomic mass is 10.1. The van der Waals surface area contributed by atoms with E-state index in [0.717, 1.165) is 18.2 Å². The molecule has 8 nitrogen and oxygen atoms in total. The number of phenols is 4. The van der Waals surface area contributed by atoms with Crippen molar-refractivity contribution in [2.75, 3.05) is 0 Å². The van der Waals surface area contributed by atoms with E-state index in [1.807, 2.05) is 0 Å². The summed E-state index contributed by atoms with van der Waals surface area (Å²) in [6.45, 7) is 0. The fourth-order valence-corrected chi connectivity index (χ4v) is 2.11. The van der Waals surface area contributed by atoms with Gasteiger partial charge in [0.1, 0.15) is 6.10 Å². The molecule has 0 aliphatic heterocycles. The number of phenolic OH excluding ortho intramolecular Hbond substituents is 4. The number of carbonyl (C=O) groups excluding carboxylic acids is 1. The molecule has 136 valence electrons. The molecule has 2 rings (SSSR count). The Morgan fingerprint density at radius 2 is 1.54 bits per heavy atom. The minimum absolute atomic E-state index is 0.201. The van der Waals surface area contributed by atoms with Gasteiger partial charge in [0.25, 0.3) is 0 Å². The summed E-state index contributed by atoms with van der Waals surface area (Å²) in [4.78, 5) is 23.0. The highest BCUT2D eigenvalue weighted by atomic mass is 16.5. The summed E-state index contributed by atoms with van der Waals surface area (Å²) in [5.74, 6) is -3.59. The molecule has 2 aromatic carbocycles. The quantitative estimate of drug-likeness (QED) is 0.300. The number of rotatable bonds is 6. The molecule has 2 aromatic rings. The monoisotopic (exact) mass is 360 g/mol. The van der Waals surface area contributed by atoms with Gasteiger partial charge in [0.15, 0.2) is 23.0 Å². The van der Waals surface area contributed by atoms with E-state index in [1.165, 1.54) is 30.3 Å². The third-order valence-corrected chi connectivity index (χ3v) is 3.40. The first kappa shape index (κ1) is 18.7. The fraction of sp³-hybridized carbons (Fsp3) is 0.111. The third-order valence-electron chi connectivity index (χ3n) is 3.40. The molecule has 0 saturated heterocycles. The maximum absolute atomic E-state index is 12.0. The van der Waals surface area contributed by atoms with Crippen molar-refractivity contribution in [1.29, 1.82) is 0 Å². The Hall–Kier alpha value is -3.68. The minimum atomic E-state index is -1.22. The highest BCUT2D eigenvalue weighted by Crippen LogP contribution is 2.31. The number of ether oxygens (including phenoxy) is 1. The average molecular weight is 360 g/mol. The molecule has 0 aliphatic carbocycles. The van der Waals surface area contributed by atoms with Gasteiger partial charge in [-0.25, -0.2) is 4.79 Å². The third kappa shape index (κ3) is 4.91. The number of hydrogen-bond donors (Lipinski definition) is 5. The highest BCUT2D eigenvalue weighted by Gasteiger charge is 2.20. The Labute approximate surface area is 147 Å². The number of carbonyl (C=O) groups is 2. The van der Waals surface area contributed by atoms with Crippen molar-refractivity contribution < 1.29 is 39.9 Å². The average Bonchev–Trinajstić information content (AvgIpc) is 2.57. The van der Waals surface area contributed by atoms with Crippen LogP contribution in [0.5, 0.6) is 23.0 Å². The molecule has 0 bridgehead atoms. The molecular weight excluding hydrogens is 344 g/mol. The molecule has 0 radical (unpaired) electrons. The molecule has 0 spiro atoms. The Morgan fingerprint density at radius 3 is 2.12 bits per heavy atom. The zero-order valence-corrected chi connectivity index (χ0v) is 13.4. The van der Waals surface area contributed by atoms with Gasteiger partial charge in [-0.3, -0.25) is 4.79 Å². The van der Waals surface area contributed by atoms with E-state index >= 15 is 0 Å². The van der Waals surface area contributed by atoms with E-state index in [-0.39, 0.29) is 22.8 Å². The number of esters is 1. The maximum atomic E-state index is 12.0. The van der Waals surface area contributed by atoms with Gasteiger partial charge >= 0.3 is 11.9 Å². The van der Waals surface area contributed by atoms with Gasteiger partial charge in [-0.05, 0) is 41.5 Å². The van der Waals surface area contributed by atoms with Gasteiger partial charge in [0.2, 0.25) is 0 Å². The number of carboxylic acids is 1. The predicted molar refractivity (Wildman–Crippen MR) is 89.7 cm³/mol. The smallest absolute Gasteiger partial charge is 0.331 e. The van der Waals surface area contributed by atoms with E-state index in [1.54, 1.807) is 0 Å². The molecule has 0 unspecified atom stereocenters. The lowest BCUT2D eigenvalue weighted by Crippen LogP contribution is -2.13. The van der Waals surface area contributed by atoms with Crippen LogP contribution in [0, 0.1) is 0 Å². The number of carboxylic acid groups (broad SMARTS) is 1. The Kier molecular flexibility index (Phi) is 5.69. The molecule has 0 saturated carbocycles. The molecule has 0 aliphatic rings. The van der Waals surface area contributed by atoms with E-state index in [4.69, 9.17) is 9.84 Å². The van der Waals surface area contributed by atoms with Crippen molar-refractivity contribution in [3.8, 4) is 23.0 Å². The topological polar surface area (TPSA) is 145 Å². The van der Waals surface area contributed by atoms with Crippen molar-refractivity contribution >= 4 is 18.0 Å². The fourth-order valence-electron chi connectivity index (χ4n) is 2.11. The largest absolute Gasteiger partial charge is 0.504 e. The van der Waals surface area contributed by atoms with Crippen LogP contribution in [0.3, 0.4) is 0 Å². The van der Waals surface area contributed by atoms with Crippen LogP contribution >= 0.6 is 0 Å². The summed E-state index contributed by atoms with van der Waals surface area (Å²) in [5, 5.41) is 46.4. The van der Waals surface area contributed by atoms with Crippen molar-refractivity contribution in [2.45, 2.75) is 12.5 Å². The molecule has 8 heteroatoms. The van der Waals surface area contributed by atoms with Gasteiger partial charge < -0.3 is 30.3 Å². The van der Waals surface area contributed by atoms with Crippen molar-refractivity contribution in [3.63, 3.8) is 0 Å². The molecule has 0 amide bonds. The van der Waals surface area contributed by atoms with Crippen LogP contribution in [-0.2, 0) is 14.3 Å². The lowest BCUT2D eigenvalue weighted by molar-refractivity contribution is -0.148. The Bertz CT molecular complexity index is 856. The number of hydrogen-bond acceptors (Lipinski definition) is 7. The summed E-state index contributed by atoms with van der Waals surface area (Å²) in [6, 6.07) is 7.52. The van der Waals surface area contributed by atoms with Gasteiger partial charge in [-0.15, -0.1) is 0 Å². The summed E-state index contributed by atoms with van der Waals surface area (Å²) in [6.07, 6.45) is 0.627. The van der Waals surface area contributed by atoms with Crippen LogP contribution in [0.15, 0.2) is 42.5 Å². The molecule has 0 fully saturated rings. The second-order valence-electron chi connectivity index (χ2n) is 5.35. The first-order valence-electron chi connectivity index (χ1n) is 7.40. The van der Waals surface area contributed by atoms with Crippen molar-refractivity contribution in [2.24, 2.45) is 0 Å². The molecule has 26 heavy (non-hydrogen) atoms. The highest BCUT2D eigenvalue weighted by molar-refractivity contribution is 5.87. The van der Waals surface area contributed by atoms with E-state index < -0.39 is 30.2 Å². The van der Waals surface area contributed by atoms with Gasteiger partial charge in [-0.1, -0.05) is 12.1 Å². The van der Waals surface area contributed by atoms with E-state index in [9.17, 15) is 30.0 Å². The SMILES string of the molecule is O=C(O)C[C@@H](OC(=O)/C=C/c1ccc(O)c(O)c1)c1ccc(O)c(O)c1. The zero-order valence-electron chi connectivity index (χ0n) is 13.4. The molecule has 0 heterocycles. The number of aliphatic carboxylic acids is 1. The number of benzene rings is 2.